The molecule has 20 heavy (non-hydrogen) atoms. The van der Waals surface area contributed by atoms with Crippen molar-refractivity contribution >= 4 is 11.6 Å². The van der Waals surface area contributed by atoms with Gasteiger partial charge in [-0.3, -0.25) is 4.79 Å². The molecule has 4 nitrogen and oxygen atoms in total. The average Bonchev–Trinajstić information content (AvgIpc) is 2.35. The first-order valence-corrected chi connectivity index (χ1v) is 6.46. The van der Waals surface area contributed by atoms with Crippen molar-refractivity contribution in [1.82, 2.24) is 0 Å². The monoisotopic (exact) mass is 275 g/mol. The average molecular weight is 275 g/mol. The molecule has 0 spiro atoms. The molecule has 1 amide bonds. The largest absolute Gasteiger partial charge is 0.384 e. The molecule has 0 aliphatic carbocycles. The number of hydrogen-bond donors (Lipinski definition) is 2. The number of benzene rings is 1. The fourth-order valence-corrected chi connectivity index (χ4v) is 1.50. The van der Waals surface area contributed by atoms with Crippen LogP contribution in [-0.4, -0.2) is 29.8 Å². The Labute approximate surface area is 120 Å². The SMILES string of the molecule is Cc1cc(NC(=O)COC(C)(C)C)ccc1C#CCO. The summed E-state index contributed by atoms with van der Waals surface area (Å²) in [6.45, 7) is 7.47. The van der Waals surface area contributed by atoms with E-state index < -0.39 is 0 Å². The van der Waals surface area contributed by atoms with Gasteiger partial charge in [-0.2, -0.15) is 0 Å². The number of hydrogen-bond acceptors (Lipinski definition) is 3. The molecule has 2 N–H and O–H groups in total. The molecule has 0 heterocycles. The van der Waals surface area contributed by atoms with Gasteiger partial charge in [0.05, 0.1) is 5.60 Å². The molecule has 0 aliphatic heterocycles. The second-order valence-corrected chi connectivity index (χ2v) is 5.44. The fraction of sp³-hybridized carbons (Fsp3) is 0.438. The van der Waals surface area contributed by atoms with Gasteiger partial charge in [0.25, 0.3) is 0 Å². The van der Waals surface area contributed by atoms with Crippen molar-refractivity contribution in [2.45, 2.75) is 33.3 Å². The Balaban J connectivity index is 2.65. The van der Waals surface area contributed by atoms with Crippen molar-refractivity contribution in [3.63, 3.8) is 0 Å². The second kappa shape index (κ2) is 7.09. The molecule has 0 atom stereocenters. The third kappa shape index (κ3) is 5.87. The van der Waals surface area contributed by atoms with Crippen LogP contribution in [0.1, 0.15) is 31.9 Å². The number of aliphatic hydroxyl groups excluding tert-OH is 1. The lowest BCUT2D eigenvalue weighted by Gasteiger charge is -2.19. The Bertz CT molecular complexity index is 533. The molecule has 0 saturated carbocycles. The van der Waals surface area contributed by atoms with Crippen LogP contribution in [0, 0.1) is 18.8 Å². The highest BCUT2D eigenvalue weighted by Crippen LogP contribution is 2.14. The first kappa shape index (κ1) is 16.2. The molecule has 1 rings (SSSR count). The maximum absolute atomic E-state index is 11.7. The summed E-state index contributed by atoms with van der Waals surface area (Å²) in [6, 6.07) is 5.44. The zero-order valence-corrected chi connectivity index (χ0v) is 12.4. The van der Waals surface area contributed by atoms with E-state index >= 15 is 0 Å². The summed E-state index contributed by atoms with van der Waals surface area (Å²) >= 11 is 0. The van der Waals surface area contributed by atoms with E-state index in [9.17, 15) is 4.79 Å². The molecule has 1 aromatic rings. The molecule has 0 saturated heterocycles. The maximum atomic E-state index is 11.7. The topological polar surface area (TPSA) is 58.6 Å². The summed E-state index contributed by atoms with van der Waals surface area (Å²) in [5.74, 6) is 5.26. The first-order valence-electron chi connectivity index (χ1n) is 6.46. The van der Waals surface area contributed by atoms with Gasteiger partial charge in [0.15, 0.2) is 0 Å². The quantitative estimate of drug-likeness (QED) is 0.830. The van der Waals surface area contributed by atoms with Crippen molar-refractivity contribution in [3.05, 3.63) is 29.3 Å². The molecular formula is C16H21NO3. The predicted octanol–water partition coefficient (Wildman–Crippen LogP) is 2.09. The molecule has 0 aromatic heterocycles. The molecule has 108 valence electrons. The van der Waals surface area contributed by atoms with Gasteiger partial charge in [-0.05, 0) is 51.5 Å². The smallest absolute Gasteiger partial charge is 0.250 e. The van der Waals surface area contributed by atoms with Gasteiger partial charge >= 0.3 is 0 Å². The second-order valence-electron chi connectivity index (χ2n) is 5.44. The summed E-state index contributed by atoms with van der Waals surface area (Å²) in [6.07, 6.45) is 0. The van der Waals surface area contributed by atoms with Crippen LogP contribution in [0.25, 0.3) is 0 Å². The van der Waals surface area contributed by atoms with Crippen molar-refractivity contribution in [2.75, 3.05) is 18.5 Å². The highest BCUT2D eigenvalue weighted by Gasteiger charge is 2.13. The number of anilines is 1. The summed E-state index contributed by atoms with van der Waals surface area (Å²) in [5, 5.41) is 11.4. The van der Waals surface area contributed by atoms with E-state index in [1.807, 2.05) is 39.8 Å². The van der Waals surface area contributed by atoms with Crippen LogP contribution >= 0.6 is 0 Å². The zero-order valence-electron chi connectivity index (χ0n) is 12.4. The first-order chi connectivity index (χ1) is 9.31. The Morgan fingerprint density at radius 3 is 2.65 bits per heavy atom. The van der Waals surface area contributed by atoms with Gasteiger partial charge in [-0.1, -0.05) is 11.8 Å². The lowest BCUT2D eigenvalue weighted by molar-refractivity contribution is -0.125. The fourth-order valence-electron chi connectivity index (χ4n) is 1.50. The van der Waals surface area contributed by atoms with E-state index in [0.717, 1.165) is 11.1 Å². The molecule has 4 heteroatoms. The van der Waals surface area contributed by atoms with Crippen LogP contribution < -0.4 is 5.32 Å². The van der Waals surface area contributed by atoms with E-state index in [2.05, 4.69) is 17.2 Å². The molecule has 0 unspecified atom stereocenters. The van der Waals surface area contributed by atoms with Crippen LogP contribution in [0.3, 0.4) is 0 Å². The number of carbonyl (C=O) groups is 1. The molecule has 0 radical (unpaired) electrons. The predicted molar refractivity (Wildman–Crippen MR) is 79.5 cm³/mol. The van der Waals surface area contributed by atoms with Gasteiger partial charge in [0, 0.05) is 11.3 Å². The number of aryl methyl sites for hydroxylation is 1. The third-order valence-electron chi connectivity index (χ3n) is 2.45. The Hall–Kier alpha value is -1.83. The zero-order chi connectivity index (χ0) is 15.2. The molecule has 0 bridgehead atoms. The molecule has 1 aromatic carbocycles. The summed E-state index contributed by atoms with van der Waals surface area (Å²) in [7, 11) is 0. The minimum absolute atomic E-state index is 0.0224. The van der Waals surface area contributed by atoms with Gasteiger partial charge < -0.3 is 15.2 Å². The van der Waals surface area contributed by atoms with Crippen LogP contribution in [0.2, 0.25) is 0 Å². The van der Waals surface area contributed by atoms with Crippen molar-refractivity contribution in [3.8, 4) is 11.8 Å². The minimum atomic E-state index is -0.336. The van der Waals surface area contributed by atoms with E-state index in [-0.39, 0.29) is 24.7 Å². The standard InChI is InChI=1S/C16H21NO3/c1-12-10-14(8-7-13(12)6-5-9-18)17-15(19)11-20-16(2,3)4/h7-8,10,18H,9,11H2,1-4H3,(H,17,19). The number of carbonyl (C=O) groups excluding carboxylic acids is 1. The maximum Gasteiger partial charge on any atom is 0.250 e. The number of aliphatic hydroxyl groups is 1. The highest BCUT2D eigenvalue weighted by molar-refractivity contribution is 5.91. The number of ether oxygens (including phenoxy) is 1. The highest BCUT2D eigenvalue weighted by atomic mass is 16.5. The van der Waals surface area contributed by atoms with Gasteiger partial charge in [-0.25, -0.2) is 0 Å². The van der Waals surface area contributed by atoms with Crippen LogP contribution in [0.4, 0.5) is 5.69 Å². The number of rotatable bonds is 3. The number of nitrogens with one attached hydrogen (secondary N) is 1. The van der Waals surface area contributed by atoms with Crippen LogP contribution in [0.15, 0.2) is 18.2 Å². The molecular weight excluding hydrogens is 254 g/mol. The lowest BCUT2D eigenvalue weighted by atomic mass is 10.1. The summed E-state index contributed by atoms with van der Waals surface area (Å²) in [5.41, 5.74) is 2.15. The molecule has 0 fully saturated rings. The van der Waals surface area contributed by atoms with Crippen molar-refractivity contribution in [1.29, 1.82) is 0 Å². The third-order valence-corrected chi connectivity index (χ3v) is 2.45. The summed E-state index contributed by atoms with van der Waals surface area (Å²) in [4.78, 5) is 11.7. The van der Waals surface area contributed by atoms with E-state index in [1.165, 1.54) is 0 Å². The van der Waals surface area contributed by atoms with E-state index in [0.29, 0.717) is 5.69 Å². The summed E-state index contributed by atoms with van der Waals surface area (Å²) < 4.78 is 5.41. The van der Waals surface area contributed by atoms with Crippen molar-refractivity contribution < 1.29 is 14.6 Å². The number of amides is 1. The van der Waals surface area contributed by atoms with Crippen molar-refractivity contribution in [2.24, 2.45) is 0 Å². The van der Waals surface area contributed by atoms with Gasteiger partial charge in [0.2, 0.25) is 5.91 Å². The Morgan fingerprint density at radius 1 is 1.40 bits per heavy atom. The minimum Gasteiger partial charge on any atom is -0.384 e. The Kier molecular flexibility index (Phi) is 5.75. The van der Waals surface area contributed by atoms with E-state index in [4.69, 9.17) is 9.84 Å². The van der Waals surface area contributed by atoms with E-state index in [1.54, 1.807) is 6.07 Å². The molecule has 0 aliphatic rings. The lowest BCUT2D eigenvalue weighted by Crippen LogP contribution is -2.27. The van der Waals surface area contributed by atoms with Crippen LogP contribution in [0.5, 0.6) is 0 Å². The Morgan fingerprint density at radius 2 is 2.10 bits per heavy atom. The normalized spacial score (nSPS) is 10.7. The van der Waals surface area contributed by atoms with Gasteiger partial charge in [0.1, 0.15) is 13.2 Å². The van der Waals surface area contributed by atoms with Gasteiger partial charge in [-0.15, -0.1) is 0 Å². The van der Waals surface area contributed by atoms with Crippen LogP contribution in [-0.2, 0) is 9.53 Å².